The molecule has 1 atom stereocenters. The third-order valence-electron chi connectivity index (χ3n) is 2.32. The maximum atomic E-state index is 5.22. The summed E-state index contributed by atoms with van der Waals surface area (Å²) < 4.78 is 5.22. The summed E-state index contributed by atoms with van der Waals surface area (Å²) in [7, 11) is 3.50. The van der Waals surface area contributed by atoms with Gasteiger partial charge in [0.1, 0.15) is 5.69 Å². The van der Waals surface area contributed by atoms with Crippen LogP contribution in [0.4, 0.5) is 0 Å². The van der Waals surface area contributed by atoms with Crippen molar-refractivity contribution >= 4 is 11.3 Å². The summed E-state index contributed by atoms with van der Waals surface area (Å²) in [5, 5.41) is 7.36. The zero-order valence-corrected chi connectivity index (χ0v) is 9.99. The SMILES string of the molecule is CNC(c1ccsc1)c1nccnc1OC. The van der Waals surface area contributed by atoms with Crippen molar-refractivity contribution in [3.8, 4) is 5.88 Å². The van der Waals surface area contributed by atoms with Gasteiger partial charge in [-0.1, -0.05) is 0 Å². The van der Waals surface area contributed by atoms with Crippen molar-refractivity contribution in [1.82, 2.24) is 15.3 Å². The molecule has 4 nitrogen and oxygen atoms in total. The average molecular weight is 235 g/mol. The van der Waals surface area contributed by atoms with Crippen LogP contribution in [0.3, 0.4) is 0 Å². The van der Waals surface area contributed by atoms with E-state index in [1.165, 1.54) is 5.56 Å². The molecular formula is C11H13N3OS. The minimum Gasteiger partial charge on any atom is -0.480 e. The minimum absolute atomic E-state index is 0.0231. The lowest BCUT2D eigenvalue weighted by Gasteiger charge is -2.15. The molecule has 0 aliphatic heterocycles. The van der Waals surface area contributed by atoms with Crippen LogP contribution in [0.25, 0.3) is 0 Å². The monoisotopic (exact) mass is 235 g/mol. The minimum atomic E-state index is 0.0231. The summed E-state index contributed by atoms with van der Waals surface area (Å²) in [6.45, 7) is 0. The Bertz CT molecular complexity index is 444. The molecule has 0 aliphatic rings. The molecule has 5 heteroatoms. The van der Waals surface area contributed by atoms with Gasteiger partial charge >= 0.3 is 0 Å². The number of methoxy groups -OCH3 is 1. The molecule has 84 valence electrons. The van der Waals surface area contributed by atoms with E-state index in [9.17, 15) is 0 Å². The number of nitrogens with one attached hydrogen (secondary N) is 1. The van der Waals surface area contributed by atoms with Gasteiger partial charge in [-0.05, 0) is 29.4 Å². The number of rotatable bonds is 4. The Morgan fingerprint density at radius 2 is 2.19 bits per heavy atom. The highest BCUT2D eigenvalue weighted by atomic mass is 32.1. The van der Waals surface area contributed by atoms with Crippen molar-refractivity contribution in [2.75, 3.05) is 14.2 Å². The lowest BCUT2D eigenvalue weighted by Crippen LogP contribution is -2.19. The van der Waals surface area contributed by atoms with Crippen LogP contribution in [0.15, 0.2) is 29.2 Å². The normalized spacial score (nSPS) is 12.4. The van der Waals surface area contributed by atoms with E-state index in [4.69, 9.17) is 4.74 Å². The Labute approximate surface area is 98.3 Å². The average Bonchev–Trinajstić information content (AvgIpc) is 2.84. The number of hydrogen-bond acceptors (Lipinski definition) is 5. The standard InChI is InChI=1S/C11H13N3OS/c1-12-9(8-3-6-16-7-8)10-11(15-2)14-5-4-13-10/h3-7,9,12H,1-2H3. The molecule has 0 aliphatic carbocycles. The van der Waals surface area contributed by atoms with Crippen LogP contribution >= 0.6 is 11.3 Å². The van der Waals surface area contributed by atoms with Crippen LogP contribution in [0.1, 0.15) is 17.3 Å². The van der Waals surface area contributed by atoms with Crippen LogP contribution in [-0.4, -0.2) is 24.1 Å². The zero-order chi connectivity index (χ0) is 11.4. The third-order valence-corrected chi connectivity index (χ3v) is 3.02. The van der Waals surface area contributed by atoms with E-state index >= 15 is 0 Å². The molecule has 0 saturated heterocycles. The molecule has 1 unspecified atom stereocenters. The van der Waals surface area contributed by atoms with Gasteiger partial charge in [0.2, 0.25) is 5.88 Å². The van der Waals surface area contributed by atoms with E-state index in [1.54, 1.807) is 30.8 Å². The lowest BCUT2D eigenvalue weighted by molar-refractivity contribution is 0.384. The van der Waals surface area contributed by atoms with E-state index in [1.807, 2.05) is 12.4 Å². The van der Waals surface area contributed by atoms with Gasteiger partial charge in [0.05, 0.1) is 13.2 Å². The summed E-state index contributed by atoms with van der Waals surface area (Å²) >= 11 is 1.66. The van der Waals surface area contributed by atoms with Crippen LogP contribution < -0.4 is 10.1 Å². The third kappa shape index (κ3) is 2.05. The van der Waals surface area contributed by atoms with E-state index in [0.29, 0.717) is 5.88 Å². The first-order valence-corrected chi connectivity index (χ1v) is 5.85. The summed E-state index contributed by atoms with van der Waals surface area (Å²) in [4.78, 5) is 8.49. The fourth-order valence-corrected chi connectivity index (χ4v) is 2.28. The van der Waals surface area contributed by atoms with Gasteiger partial charge in [0.15, 0.2) is 0 Å². The molecule has 16 heavy (non-hydrogen) atoms. The predicted octanol–water partition coefficient (Wildman–Crippen LogP) is 1.86. The number of nitrogens with zero attached hydrogens (tertiary/aromatic N) is 2. The topological polar surface area (TPSA) is 47.0 Å². The smallest absolute Gasteiger partial charge is 0.237 e. The van der Waals surface area contributed by atoms with Crippen molar-refractivity contribution in [2.24, 2.45) is 0 Å². The lowest BCUT2D eigenvalue weighted by atomic mass is 10.1. The molecule has 0 saturated carbocycles. The summed E-state index contributed by atoms with van der Waals surface area (Å²) in [6.07, 6.45) is 3.30. The van der Waals surface area contributed by atoms with Gasteiger partial charge in [0, 0.05) is 12.4 Å². The predicted molar refractivity (Wildman–Crippen MR) is 63.8 cm³/mol. The molecule has 0 amide bonds. The maximum Gasteiger partial charge on any atom is 0.237 e. The van der Waals surface area contributed by atoms with E-state index < -0.39 is 0 Å². The largest absolute Gasteiger partial charge is 0.480 e. The van der Waals surface area contributed by atoms with Crippen LogP contribution in [0.2, 0.25) is 0 Å². The maximum absolute atomic E-state index is 5.22. The van der Waals surface area contributed by atoms with E-state index in [2.05, 4.69) is 26.7 Å². The van der Waals surface area contributed by atoms with Crippen molar-refractivity contribution < 1.29 is 4.74 Å². The second kappa shape index (κ2) is 5.05. The van der Waals surface area contributed by atoms with Gasteiger partial charge < -0.3 is 10.1 Å². The number of aromatic nitrogens is 2. The fraction of sp³-hybridized carbons (Fsp3) is 0.273. The zero-order valence-electron chi connectivity index (χ0n) is 9.18. The van der Waals surface area contributed by atoms with Gasteiger partial charge in [-0.25, -0.2) is 4.98 Å². The van der Waals surface area contributed by atoms with Crippen LogP contribution in [-0.2, 0) is 0 Å². The molecule has 0 radical (unpaired) electrons. The van der Waals surface area contributed by atoms with Crippen molar-refractivity contribution in [3.05, 3.63) is 40.5 Å². The van der Waals surface area contributed by atoms with Gasteiger partial charge in [-0.15, -0.1) is 0 Å². The Hall–Kier alpha value is -1.46. The first-order chi connectivity index (χ1) is 7.86. The summed E-state index contributed by atoms with van der Waals surface area (Å²) in [5.41, 5.74) is 1.98. The Balaban J connectivity index is 2.41. The van der Waals surface area contributed by atoms with Gasteiger partial charge in [-0.3, -0.25) is 4.98 Å². The second-order valence-electron chi connectivity index (χ2n) is 3.23. The highest BCUT2D eigenvalue weighted by Gasteiger charge is 2.18. The number of hydrogen-bond donors (Lipinski definition) is 1. The second-order valence-corrected chi connectivity index (χ2v) is 4.01. The summed E-state index contributed by atoms with van der Waals surface area (Å²) in [6, 6.07) is 2.09. The van der Waals surface area contributed by atoms with Crippen LogP contribution in [0.5, 0.6) is 5.88 Å². The molecule has 1 N–H and O–H groups in total. The van der Waals surface area contributed by atoms with Crippen molar-refractivity contribution in [3.63, 3.8) is 0 Å². The Morgan fingerprint density at radius 1 is 1.38 bits per heavy atom. The molecule has 2 aromatic heterocycles. The first kappa shape index (κ1) is 11.0. The molecule has 0 fully saturated rings. The molecule has 0 bridgehead atoms. The molecule has 2 rings (SSSR count). The molecule has 2 heterocycles. The number of thiophene rings is 1. The highest BCUT2D eigenvalue weighted by Crippen LogP contribution is 2.27. The Morgan fingerprint density at radius 3 is 2.81 bits per heavy atom. The van der Waals surface area contributed by atoms with E-state index in [-0.39, 0.29) is 6.04 Å². The van der Waals surface area contributed by atoms with Gasteiger partial charge in [-0.2, -0.15) is 11.3 Å². The quantitative estimate of drug-likeness (QED) is 0.878. The molecule has 0 spiro atoms. The highest BCUT2D eigenvalue weighted by molar-refractivity contribution is 7.08. The van der Waals surface area contributed by atoms with Crippen LogP contribution in [0, 0.1) is 0 Å². The number of ether oxygens (including phenoxy) is 1. The van der Waals surface area contributed by atoms with E-state index in [0.717, 1.165) is 5.69 Å². The van der Waals surface area contributed by atoms with Gasteiger partial charge in [0.25, 0.3) is 0 Å². The molecule has 2 aromatic rings. The van der Waals surface area contributed by atoms with Crippen molar-refractivity contribution in [2.45, 2.75) is 6.04 Å². The Kier molecular flexibility index (Phi) is 3.48. The molecular weight excluding hydrogens is 222 g/mol. The first-order valence-electron chi connectivity index (χ1n) is 4.91. The fourth-order valence-electron chi connectivity index (χ4n) is 1.59. The summed E-state index contributed by atoms with van der Waals surface area (Å²) in [5.74, 6) is 0.563. The molecule has 0 aromatic carbocycles. The van der Waals surface area contributed by atoms with Crippen molar-refractivity contribution in [1.29, 1.82) is 0 Å².